The molecule has 3 N–H and O–H groups in total. The van der Waals surface area contributed by atoms with Gasteiger partial charge in [-0.3, -0.25) is 10.1 Å². The van der Waals surface area contributed by atoms with E-state index in [1.165, 1.54) is 0 Å². The second-order valence-electron chi connectivity index (χ2n) is 2.83. The summed E-state index contributed by atoms with van der Waals surface area (Å²) in [4.78, 5) is 11.8. The first-order valence-electron chi connectivity index (χ1n) is 4.19. The minimum Gasteiger partial charge on any atom is -0.398 e. The van der Waals surface area contributed by atoms with E-state index in [9.17, 15) is 4.79 Å². The molecule has 0 aliphatic rings. The largest absolute Gasteiger partial charge is 0.398 e. The molecule has 0 spiro atoms. The Balaban J connectivity index is 2.24. The molecule has 0 fully saturated rings. The zero-order valence-electron chi connectivity index (χ0n) is 7.85. The van der Waals surface area contributed by atoms with Crippen LogP contribution in [-0.2, 0) is 0 Å². The van der Waals surface area contributed by atoms with Crippen LogP contribution in [-0.4, -0.2) is 20.7 Å². The summed E-state index contributed by atoms with van der Waals surface area (Å²) in [7, 11) is 0. The third-order valence-electron chi connectivity index (χ3n) is 1.79. The Hall–Kier alpha value is -1.54. The van der Waals surface area contributed by atoms with E-state index >= 15 is 0 Å². The predicted molar refractivity (Wildman–Crippen MR) is 64.2 cm³/mol. The Bertz CT molecular complexity index is 515. The minimum absolute atomic E-state index is 0.308. The monoisotopic (exact) mass is 299 g/mol. The lowest BCUT2D eigenvalue weighted by molar-refractivity contribution is 0.102. The fraction of sp³-hybridized carbons (Fsp3) is 0. The van der Waals surface area contributed by atoms with Crippen molar-refractivity contribution in [2.45, 2.75) is 0 Å². The van der Waals surface area contributed by atoms with Gasteiger partial charge in [0.15, 0.2) is 0 Å². The Kier molecular flexibility index (Phi) is 3.11. The molecule has 16 heavy (non-hydrogen) atoms. The maximum absolute atomic E-state index is 11.8. The summed E-state index contributed by atoms with van der Waals surface area (Å²) in [5.74, 6) is -0.308. The molecule has 0 unspecified atom stereocenters. The summed E-state index contributed by atoms with van der Waals surface area (Å²) in [5, 5.41) is 9.90. The molecule has 82 valence electrons. The number of anilines is 2. The summed E-state index contributed by atoms with van der Waals surface area (Å²) in [6.45, 7) is 0. The molecule has 2 aromatic rings. The zero-order valence-corrected chi connectivity index (χ0v) is 10.2. The highest BCUT2D eigenvalue weighted by Gasteiger charge is 2.13. The fourth-order valence-electron chi connectivity index (χ4n) is 1.07. The average Bonchev–Trinajstić information content (AvgIpc) is 2.74. The first-order valence-corrected chi connectivity index (χ1v) is 5.75. The normalized spacial score (nSPS) is 10.1. The van der Waals surface area contributed by atoms with Crippen molar-refractivity contribution in [1.82, 2.24) is 14.8 Å². The van der Waals surface area contributed by atoms with E-state index in [0.29, 0.717) is 20.9 Å². The first-order chi connectivity index (χ1) is 7.68. The van der Waals surface area contributed by atoms with Crippen LogP contribution in [0.1, 0.15) is 10.4 Å². The summed E-state index contributed by atoms with van der Waals surface area (Å²) in [5.41, 5.74) is 6.61. The number of amides is 1. The van der Waals surface area contributed by atoms with Crippen LogP contribution >= 0.6 is 27.5 Å². The molecule has 0 radical (unpaired) electrons. The average molecular weight is 300 g/mol. The third kappa shape index (κ3) is 2.17. The minimum atomic E-state index is -0.308. The molecule has 1 heterocycles. The smallest absolute Gasteiger partial charge is 0.258 e. The van der Waals surface area contributed by atoms with Gasteiger partial charge in [-0.1, -0.05) is 15.7 Å². The van der Waals surface area contributed by atoms with Gasteiger partial charge in [0.05, 0.1) is 10.0 Å². The lowest BCUT2D eigenvalue weighted by atomic mass is 10.2. The molecule has 0 atom stereocenters. The van der Waals surface area contributed by atoms with E-state index in [0.717, 1.165) is 11.5 Å². The second-order valence-corrected chi connectivity index (χ2v) is 4.36. The number of aromatic nitrogens is 3. The molecule has 1 aromatic carbocycles. The predicted octanol–water partition coefficient (Wildman–Crippen LogP) is 1.53. The highest BCUT2D eigenvalue weighted by atomic mass is 79.9. The molecule has 0 bridgehead atoms. The maximum atomic E-state index is 11.8. The van der Waals surface area contributed by atoms with E-state index in [1.807, 2.05) is 0 Å². The quantitative estimate of drug-likeness (QED) is 0.820. The highest BCUT2D eigenvalue weighted by molar-refractivity contribution is 9.10. The summed E-state index contributed by atoms with van der Waals surface area (Å²) < 4.78 is 4.10. The number of carbonyl (C=O) groups excluding carboxylic acids is 1. The van der Waals surface area contributed by atoms with Crippen molar-refractivity contribution in [2.24, 2.45) is 0 Å². The summed E-state index contributed by atoms with van der Waals surface area (Å²) in [6, 6.07) is 5.06. The molecule has 6 nitrogen and oxygen atoms in total. The van der Waals surface area contributed by atoms with E-state index in [2.05, 4.69) is 36.0 Å². The van der Waals surface area contributed by atoms with Gasteiger partial charge in [-0.15, -0.1) is 0 Å². The van der Waals surface area contributed by atoms with Gasteiger partial charge in [0.1, 0.15) is 0 Å². The van der Waals surface area contributed by atoms with Gasteiger partial charge in [-0.25, -0.2) is 0 Å². The SMILES string of the molecule is Nc1cccc(C(=O)Nc2nnns2)c1Br. The Labute approximate surface area is 103 Å². The van der Waals surface area contributed by atoms with E-state index in [-0.39, 0.29) is 5.91 Å². The third-order valence-corrected chi connectivity index (χ3v) is 3.19. The van der Waals surface area contributed by atoms with Crippen LogP contribution in [0.4, 0.5) is 10.8 Å². The van der Waals surface area contributed by atoms with Crippen molar-refractivity contribution in [1.29, 1.82) is 0 Å². The van der Waals surface area contributed by atoms with Crippen LogP contribution in [0.25, 0.3) is 0 Å². The second kappa shape index (κ2) is 4.54. The number of nitrogens with two attached hydrogens (primary N) is 1. The Morgan fingerprint density at radius 2 is 2.31 bits per heavy atom. The molecule has 8 heteroatoms. The Morgan fingerprint density at radius 1 is 1.50 bits per heavy atom. The number of hydrogen-bond acceptors (Lipinski definition) is 6. The molecule has 1 amide bonds. The van der Waals surface area contributed by atoms with Gasteiger partial charge in [0.25, 0.3) is 5.91 Å². The summed E-state index contributed by atoms with van der Waals surface area (Å²) in [6.07, 6.45) is 0. The van der Waals surface area contributed by atoms with Crippen molar-refractivity contribution >= 4 is 44.2 Å². The number of rotatable bonds is 2. The van der Waals surface area contributed by atoms with E-state index in [4.69, 9.17) is 5.73 Å². The fourth-order valence-corrected chi connectivity index (χ4v) is 1.88. The van der Waals surface area contributed by atoms with Gasteiger partial charge in [0.2, 0.25) is 5.13 Å². The van der Waals surface area contributed by atoms with Crippen LogP contribution < -0.4 is 11.1 Å². The number of nitrogens with zero attached hydrogens (tertiary/aromatic N) is 3. The number of halogens is 1. The van der Waals surface area contributed by atoms with E-state index in [1.54, 1.807) is 18.2 Å². The first kappa shape index (κ1) is 11.0. The van der Waals surface area contributed by atoms with Gasteiger partial charge >= 0.3 is 0 Å². The highest BCUT2D eigenvalue weighted by Crippen LogP contribution is 2.24. The van der Waals surface area contributed by atoms with Crippen LogP contribution in [0.15, 0.2) is 22.7 Å². The molecule has 1 aromatic heterocycles. The molecular formula is C8H6BrN5OS. The van der Waals surface area contributed by atoms with Crippen LogP contribution in [0.3, 0.4) is 0 Å². The molecule has 0 saturated heterocycles. The van der Waals surface area contributed by atoms with Crippen molar-refractivity contribution in [2.75, 3.05) is 11.1 Å². The molecular weight excluding hydrogens is 294 g/mol. The number of hydrogen-bond donors (Lipinski definition) is 2. The van der Waals surface area contributed by atoms with E-state index < -0.39 is 0 Å². The number of nitrogens with one attached hydrogen (secondary N) is 1. The number of carbonyl (C=O) groups is 1. The number of benzene rings is 1. The van der Waals surface area contributed by atoms with Crippen molar-refractivity contribution < 1.29 is 4.79 Å². The van der Waals surface area contributed by atoms with Gasteiger partial charge < -0.3 is 5.73 Å². The Morgan fingerprint density at radius 3 is 3.00 bits per heavy atom. The standard InChI is InChI=1S/C8H6BrN5OS/c9-6-4(2-1-3-5(6)10)7(15)11-8-12-13-14-16-8/h1-3H,10H2,(H,11,12,14,15). The topological polar surface area (TPSA) is 93.8 Å². The van der Waals surface area contributed by atoms with Crippen LogP contribution in [0.5, 0.6) is 0 Å². The number of nitrogen functional groups attached to an aromatic ring is 1. The van der Waals surface area contributed by atoms with Crippen LogP contribution in [0, 0.1) is 0 Å². The molecule has 0 aliphatic carbocycles. The molecule has 2 rings (SSSR count). The molecule has 0 saturated carbocycles. The van der Waals surface area contributed by atoms with Gasteiger partial charge in [-0.05, 0) is 33.3 Å². The van der Waals surface area contributed by atoms with Crippen molar-refractivity contribution in [3.8, 4) is 0 Å². The molecule has 0 aliphatic heterocycles. The zero-order chi connectivity index (χ0) is 11.5. The summed E-state index contributed by atoms with van der Waals surface area (Å²) >= 11 is 4.26. The maximum Gasteiger partial charge on any atom is 0.258 e. The van der Waals surface area contributed by atoms with Gasteiger partial charge in [-0.2, -0.15) is 0 Å². The van der Waals surface area contributed by atoms with Gasteiger partial charge in [0, 0.05) is 17.2 Å². The van der Waals surface area contributed by atoms with Crippen molar-refractivity contribution in [3.63, 3.8) is 0 Å². The lowest BCUT2D eigenvalue weighted by Crippen LogP contribution is -2.13. The van der Waals surface area contributed by atoms with Crippen LogP contribution in [0.2, 0.25) is 0 Å². The lowest BCUT2D eigenvalue weighted by Gasteiger charge is -2.05. The van der Waals surface area contributed by atoms with Crippen molar-refractivity contribution in [3.05, 3.63) is 28.2 Å².